The molecule has 0 unspecified atom stereocenters. The van der Waals surface area contributed by atoms with E-state index in [9.17, 15) is 5.11 Å². The summed E-state index contributed by atoms with van der Waals surface area (Å²) in [5.41, 5.74) is 0.668. The third kappa shape index (κ3) is 5.38. The average molecular weight is 252 g/mol. The van der Waals surface area contributed by atoms with Crippen LogP contribution in [-0.2, 0) is 0 Å². The van der Waals surface area contributed by atoms with E-state index in [0.29, 0.717) is 6.61 Å². The smallest absolute Gasteiger partial charge is 0.119 e. The number of nitrogens with one attached hydrogen (secondary N) is 1. The maximum Gasteiger partial charge on any atom is 0.119 e. The van der Waals surface area contributed by atoms with Crippen LogP contribution in [-0.4, -0.2) is 49.4 Å². The largest absolute Gasteiger partial charge is 0.492 e. The second kappa shape index (κ2) is 6.61. The van der Waals surface area contributed by atoms with Crippen molar-refractivity contribution in [1.29, 1.82) is 0 Å². The van der Waals surface area contributed by atoms with Gasteiger partial charge in [-0.3, -0.25) is 0 Å². The topological polar surface area (TPSA) is 44.7 Å². The minimum absolute atomic E-state index is 0.0914. The molecule has 1 aromatic carbocycles. The van der Waals surface area contributed by atoms with Gasteiger partial charge in [-0.25, -0.2) is 0 Å². The average Bonchev–Trinajstić information content (AvgIpc) is 2.31. The molecule has 0 bridgehead atoms. The van der Waals surface area contributed by atoms with Gasteiger partial charge < -0.3 is 20.1 Å². The molecule has 1 aromatic rings. The van der Waals surface area contributed by atoms with E-state index in [-0.39, 0.29) is 12.1 Å². The van der Waals surface area contributed by atoms with Crippen molar-refractivity contribution >= 4 is 5.69 Å². The molecule has 0 saturated carbocycles. The highest BCUT2D eigenvalue weighted by molar-refractivity contribution is 5.48. The molecule has 2 N–H and O–H groups in total. The fourth-order valence-electron chi connectivity index (χ4n) is 1.41. The number of aliphatic hydroxyl groups excluding tert-OH is 1. The molecule has 4 heteroatoms. The van der Waals surface area contributed by atoms with E-state index >= 15 is 0 Å². The minimum atomic E-state index is -0.312. The normalized spacial score (nSPS) is 11.7. The van der Waals surface area contributed by atoms with Crippen molar-refractivity contribution in [3.05, 3.63) is 24.3 Å². The SMILES string of the molecule is CN(C)CCOc1ccc(NC(C)(C)CO)cc1. The lowest BCUT2D eigenvalue weighted by atomic mass is 10.1. The van der Waals surface area contributed by atoms with Crippen LogP contribution >= 0.6 is 0 Å². The fraction of sp³-hybridized carbons (Fsp3) is 0.571. The van der Waals surface area contributed by atoms with Crippen molar-refractivity contribution in [2.24, 2.45) is 0 Å². The molecule has 18 heavy (non-hydrogen) atoms. The Balaban J connectivity index is 2.47. The van der Waals surface area contributed by atoms with Crippen LogP contribution in [0.5, 0.6) is 5.75 Å². The maximum atomic E-state index is 9.19. The summed E-state index contributed by atoms with van der Waals surface area (Å²) in [6.45, 7) is 5.58. The quantitative estimate of drug-likeness (QED) is 0.777. The highest BCUT2D eigenvalue weighted by Crippen LogP contribution is 2.19. The molecule has 0 aliphatic heterocycles. The molecule has 0 amide bonds. The first kappa shape index (κ1) is 14.8. The minimum Gasteiger partial charge on any atom is -0.492 e. The lowest BCUT2D eigenvalue weighted by Crippen LogP contribution is -2.34. The summed E-state index contributed by atoms with van der Waals surface area (Å²) in [7, 11) is 4.04. The van der Waals surface area contributed by atoms with Gasteiger partial charge in [0.05, 0.1) is 12.1 Å². The van der Waals surface area contributed by atoms with Gasteiger partial charge in [0.15, 0.2) is 0 Å². The third-order valence-electron chi connectivity index (χ3n) is 2.54. The molecule has 0 spiro atoms. The van der Waals surface area contributed by atoms with E-state index in [0.717, 1.165) is 18.0 Å². The van der Waals surface area contributed by atoms with Crippen LogP contribution in [0.1, 0.15) is 13.8 Å². The lowest BCUT2D eigenvalue weighted by Gasteiger charge is -2.25. The summed E-state index contributed by atoms with van der Waals surface area (Å²) in [4.78, 5) is 2.08. The Labute approximate surface area is 110 Å². The summed E-state index contributed by atoms with van der Waals surface area (Å²) in [5, 5.41) is 12.4. The van der Waals surface area contributed by atoms with Crippen molar-refractivity contribution in [3.63, 3.8) is 0 Å². The molecule has 0 aromatic heterocycles. The molecule has 0 aliphatic rings. The number of likely N-dealkylation sites (N-methyl/N-ethyl adjacent to an activating group) is 1. The number of anilines is 1. The van der Waals surface area contributed by atoms with Crippen molar-refractivity contribution in [1.82, 2.24) is 4.90 Å². The van der Waals surface area contributed by atoms with Crippen LogP contribution in [0, 0.1) is 0 Å². The van der Waals surface area contributed by atoms with Gasteiger partial charge in [-0.15, -0.1) is 0 Å². The zero-order chi connectivity index (χ0) is 13.6. The first-order chi connectivity index (χ1) is 8.43. The van der Waals surface area contributed by atoms with Crippen LogP contribution < -0.4 is 10.1 Å². The van der Waals surface area contributed by atoms with E-state index in [2.05, 4.69) is 10.2 Å². The van der Waals surface area contributed by atoms with E-state index < -0.39 is 0 Å². The van der Waals surface area contributed by atoms with Crippen molar-refractivity contribution < 1.29 is 9.84 Å². The summed E-state index contributed by atoms with van der Waals surface area (Å²) >= 11 is 0. The zero-order valence-corrected chi connectivity index (χ0v) is 11.7. The number of nitrogens with zero attached hydrogens (tertiary/aromatic N) is 1. The van der Waals surface area contributed by atoms with Crippen molar-refractivity contribution in [2.45, 2.75) is 19.4 Å². The van der Waals surface area contributed by atoms with Crippen LogP contribution in [0.3, 0.4) is 0 Å². The number of hydrogen-bond donors (Lipinski definition) is 2. The summed E-state index contributed by atoms with van der Waals surface area (Å²) < 4.78 is 5.61. The first-order valence-corrected chi connectivity index (χ1v) is 6.19. The molecule has 0 heterocycles. The number of hydrogen-bond acceptors (Lipinski definition) is 4. The van der Waals surface area contributed by atoms with Crippen LogP contribution in [0.25, 0.3) is 0 Å². The molecular weight excluding hydrogens is 228 g/mol. The molecule has 0 atom stereocenters. The predicted molar refractivity (Wildman–Crippen MR) is 75.3 cm³/mol. The van der Waals surface area contributed by atoms with E-state index in [1.165, 1.54) is 0 Å². The zero-order valence-electron chi connectivity index (χ0n) is 11.7. The van der Waals surface area contributed by atoms with E-state index in [1.807, 2.05) is 52.2 Å². The van der Waals surface area contributed by atoms with Crippen LogP contribution in [0.4, 0.5) is 5.69 Å². The second-order valence-electron chi connectivity index (χ2n) is 5.34. The van der Waals surface area contributed by atoms with Crippen LogP contribution in [0.15, 0.2) is 24.3 Å². The number of aliphatic hydroxyl groups is 1. The Morgan fingerprint density at radius 1 is 1.22 bits per heavy atom. The maximum absolute atomic E-state index is 9.19. The molecule has 102 valence electrons. The molecule has 0 radical (unpaired) electrons. The number of rotatable bonds is 7. The van der Waals surface area contributed by atoms with Gasteiger partial charge in [0.25, 0.3) is 0 Å². The molecular formula is C14H24N2O2. The summed E-state index contributed by atoms with van der Waals surface area (Å²) in [5.74, 6) is 0.865. The first-order valence-electron chi connectivity index (χ1n) is 6.19. The standard InChI is InChI=1S/C14H24N2O2/c1-14(2,11-17)15-12-5-7-13(8-6-12)18-10-9-16(3)4/h5-8,15,17H,9-11H2,1-4H3. The van der Waals surface area contributed by atoms with Crippen LogP contribution in [0.2, 0.25) is 0 Å². The molecule has 0 saturated heterocycles. The van der Waals surface area contributed by atoms with Gasteiger partial charge in [-0.1, -0.05) is 0 Å². The molecule has 4 nitrogen and oxygen atoms in total. The second-order valence-corrected chi connectivity index (χ2v) is 5.34. The number of benzene rings is 1. The highest BCUT2D eigenvalue weighted by Gasteiger charge is 2.15. The van der Waals surface area contributed by atoms with Gasteiger partial charge in [0.1, 0.15) is 12.4 Å². The van der Waals surface area contributed by atoms with Gasteiger partial charge in [0, 0.05) is 12.2 Å². The Kier molecular flexibility index (Phi) is 5.44. The van der Waals surface area contributed by atoms with E-state index in [4.69, 9.17) is 4.74 Å². The summed E-state index contributed by atoms with van der Waals surface area (Å²) in [6, 6.07) is 7.79. The Bertz CT molecular complexity index is 347. The van der Waals surface area contributed by atoms with Gasteiger partial charge in [-0.05, 0) is 52.2 Å². The van der Waals surface area contributed by atoms with E-state index in [1.54, 1.807) is 0 Å². The predicted octanol–water partition coefficient (Wildman–Crippen LogP) is 1.81. The van der Waals surface area contributed by atoms with Gasteiger partial charge >= 0.3 is 0 Å². The van der Waals surface area contributed by atoms with Gasteiger partial charge in [0.2, 0.25) is 0 Å². The number of ether oxygens (including phenoxy) is 1. The van der Waals surface area contributed by atoms with Gasteiger partial charge in [-0.2, -0.15) is 0 Å². The Hall–Kier alpha value is -1.26. The third-order valence-corrected chi connectivity index (χ3v) is 2.54. The highest BCUT2D eigenvalue weighted by atomic mass is 16.5. The van der Waals surface area contributed by atoms with Crippen molar-refractivity contribution in [2.75, 3.05) is 39.2 Å². The molecule has 0 aliphatic carbocycles. The fourth-order valence-corrected chi connectivity index (χ4v) is 1.41. The Morgan fingerprint density at radius 2 is 1.83 bits per heavy atom. The molecule has 1 rings (SSSR count). The van der Waals surface area contributed by atoms with Crippen molar-refractivity contribution in [3.8, 4) is 5.75 Å². The summed E-state index contributed by atoms with van der Waals surface area (Å²) in [6.07, 6.45) is 0. The monoisotopic (exact) mass is 252 g/mol. The lowest BCUT2D eigenvalue weighted by molar-refractivity contribution is 0.234. The Morgan fingerprint density at radius 3 is 2.33 bits per heavy atom. The molecule has 0 fully saturated rings.